The molecule has 0 amide bonds. The lowest BCUT2D eigenvalue weighted by atomic mass is 10.2. The summed E-state index contributed by atoms with van der Waals surface area (Å²) in [6.07, 6.45) is 0. The summed E-state index contributed by atoms with van der Waals surface area (Å²) >= 11 is 6.14. The average molecular weight is 294 g/mol. The summed E-state index contributed by atoms with van der Waals surface area (Å²) in [5.74, 6) is 0.0161. The van der Waals surface area contributed by atoms with E-state index in [1.54, 1.807) is 29.8 Å². The third-order valence-corrected chi connectivity index (χ3v) is 3.00. The van der Waals surface area contributed by atoms with Gasteiger partial charge >= 0.3 is 5.97 Å². The summed E-state index contributed by atoms with van der Waals surface area (Å²) in [5, 5.41) is 10.8. The number of nitrogens with zero attached hydrogens (tertiary/aromatic N) is 2. The van der Waals surface area contributed by atoms with Crippen molar-refractivity contribution in [3.05, 3.63) is 35.3 Å². The molecule has 2 rings (SSSR count). The van der Waals surface area contributed by atoms with Gasteiger partial charge in [-0.15, -0.1) is 10.2 Å². The van der Waals surface area contributed by atoms with Gasteiger partial charge in [-0.25, -0.2) is 4.79 Å². The van der Waals surface area contributed by atoms with Crippen molar-refractivity contribution in [2.24, 2.45) is 5.73 Å². The van der Waals surface area contributed by atoms with E-state index in [-0.39, 0.29) is 6.54 Å². The molecule has 0 aliphatic carbocycles. The maximum absolute atomic E-state index is 11.5. The SMILES string of the molecule is NC(=S)c1ccc(OC(=O)CNc2nncs2)cc1. The largest absolute Gasteiger partial charge is 0.425 e. The van der Waals surface area contributed by atoms with E-state index >= 15 is 0 Å². The number of ether oxygens (including phenoxy) is 1. The molecule has 0 spiro atoms. The highest BCUT2D eigenvalue weighted by molar-refractivity contribution is 7.80. The third-order valence-electron chi connectivity index (χ3n) is 2.11. The summed E-state index contributed by atoms with van der Waals surface area (Å²) in [6, 6.07) is 6.67. The molecule has 98 valence electrons. The van der Waals surface area contributed by atoms with Gasteiger partial charge in [-0.3, -0.25) is 0 Å². The molecule has 0 radical (unpaired) electrons. The number of carbonyl (C=O) groups excluding carboxylic acids is 1. The molecule has 19 heavy (non-hydrogen) atoms. The second kappa shape index (κ2) is 6.21. The molecule has 0 fully saturated rings. The van der Waals surface area contributed by atoms with Gasteiger partial charge in [0.15, 0.2) is 0 Å². The summed E-state index contributed by atoms with van der Waals surface area (Å²) in [4.78, 5) is 11.8. The number of nitrogens with two attached hydrogens (primary N) is 1. The molecule has 0 bridgehead atoms. The highest BCUT2D eigenvalue weighted by Crippen LogP contribution is 2.13. The molecule has 3 N–H and O–H groups in total. The molecule has 2 aromatic rings. The molecule has 0 aliphatic rings. The first-order valence-corrected chi connectivity index (χ1v) is 6.54. The van der Waals surface area contributed by atoms with Crippen LogP contribution in [0.2, 0.25) is 0 Å². The Balaban J connectivity index is 1.86. The molecular weight excluding hydrogens is 284 g/mol. The number of carbonyl (C=O) groups is 1. The van der Waals surface area contributed by atoms with E-state index < -0.39 is 5.97 Å². The van der Waals surface area contributed by atoms with Crippen molar-refractivity contribution in [1.29, 1.82) is 0 Å². The molecule has 0 saturated heterocycles. The summed E-state index contributed by atoms with van der Waals surface area (Å²) in [5.41, 5.74) is 7.76. The molecule has 0 saturated carbocycles. The smallest absolute Gasteiger partial charge is 0.330 e. The van der Waals surface area contributed by atoms with Gasteiger partial charge in [-0.2, -0.15) is 0 Å². The van der Waals surface area contributed by atoms with E-state index in [1.165, 1.54) is 11.3 Å². The topological polar surface area (TPSA) is 90.1 Å². The first-order chi connectivity index (χ1) is 9.15. The van der Waals surface area contributed by atoms with Crippen LogP contribution in [0.3, 0.4) is 0 Å². The number of anilines is 1. The van der Waals surface area contributed by atoms with Crippen LogP contribution in [0.25, 0.3) is 0 Å². The van der Waals surface area contributed by atoms with Crippen molar-refractivity contribution in [1.82, 2.24) is 10.2 Å². The molecule has 1 aromatic carbocycles. The second-order valence-electron chi connectivity index (χ2n) is 3.46. The van der Waals surface area contributed by atoms with Crippen LogP contribution in [0.15, 0.2) is 29.8 Å². The second-order valence-corrected chi connectivity index (χ2v) is 4.73. The van der Waals surface area contributed by atoms with E-state index in [4.69, 9.17) is 22.7 Å². The number of aromatic nitrogens is 2. The average Bonchev–Trinajstić information content (AvgIpc) is 2.90. The molecule has 1 heterocycles. The minimum Gasteiger partial charge on any atom is -0.425 e. The van der Waals surface area contributed by atoms with Crippen LogP contribution in [0.1, 0.15) is 5.56 Å². The van der Waals surface area contributed by atoms with Gasteiger partial charge in [0.1, 0.15) is 22.8 Å². The number of hydrogen-bond donors (Lipinski definition) is 2. The Morgan fingerprint density at radius 1 is 1.42 bits per heavy atom. The van der Waals surface area contributed by atoms with Crippen molar-refractivity contribution in [3.8, 4) is 5.75 Å². The first kappa shape index (κ1) is 13.4. The maximum atomic E-state index is 11.5. The number of thiocarbonyl (C=S) groups is 1. The van der Waals surface area contributed by atoms with Gasteiger partial charge in [0.05, 0.1) is 0 Å². The van der Waals surface area contributed by atoms with Crippen molar-refractivity contribution in [3.63, 3.8) is 0 Å². The van der Waals surface area contributed by atoms with Crippen molar-refractivity contribution in [2.45, 2.75) is 0 Å². The minimum absolute atomic E-state index is 0.0201. The predicted octanol–water partition coefficient (Wildman–Crippen LogP) is 1.19. The highest BCUT2D eigenvalue weighted by Gasteiger charge is 2.06. The highest BCUT2D eigenvalue weighted by atomic mass is 32.1. The Hall–Kier alpha value is -2.06. The van der Waals surface area contributed by atoms with Gasteiger partial charge in [0.2, 0.25) is 5.13 Å². The maximum Gasteiger partial charge on any atom is 0.330 e. The fourth-order valence-electron chi connectivity index (χ4n) is 1.25. The minimum atomic E-state index is -0.418. The van der Waals surface area contributed by atoms with Gasteiger partial charge < -0.3 is 15.8 Å². The quantitative estimate of drug-likeness (QED) is 0.486. The Morgan fingerprint density at radius 3 is 2.74 bits per heavy atom. The zero-order valence-electron chi connectivity index (χ0n) is 9.70. The Labute approximate surface area is 118 Å². The van der Waals surface area contributed by atoms with Crippen LogP contribution in [-0.2, 0) is 4.79 Å². The molecule has 6 nitrogen and oxygen atoms in total. The van der Waals surface area contributed by atoms with E-state index in [9.17, 15) is 4.79 Å². The van der Waals surface area contributed by atoms with Gasteiger partial charge in [-0.05, 0) is 24.3 Å². The normalized spacial score (nSPS) is 9.89. The van der Waals surface area contributed by atoms with E-state index in [0.717, 1.165) is 5.56 Å². The fourth-order valence-corrected chi connectivity index (χ4v) is 1.83. The molecule has 1 aromatic heterocycles. The number of esters is 1. The third kappa shape index (κ3) is 3.97. The lowest BCUT2D eigenvalue weighted by Crippen LogP contribution is -2.19. The molecular formula is C11H10N4O2S2. The van der Waals surface area contributed by atoms with E-state index in [1.807, 2.05) is 0 Å². The van der Waals surface area contributed by atoms with Crippen LogP contribution < -0.4 is 15.8 Å². The molecule has 0 atom stereocenters. The van der Waals surface area contributed by atoms with Crippen LogP contribution in [0.4, 0.5) is 5.13 Å². The van der Waals surface area contributed by atoms with Crippen LogP contribution in [0, 0.1) is 0 Å². The van der Waals surface area contributed by atoms with E-state index in [0.29, 0.717) is 15.9 Å². The zero-order chi connectivity index (χ0) is 13.7. The zero-order valence-corrected chi connectivity index (χ0v) is 11.3. The number of rotatable bonds is 5. The van der Waals surface area contributed by atoms with Crippen LogP contribution >= 0.6 is 23.6 Å². The van der Waals surface area contributed by atoms with Crippen LogP contribution in [-0.4, -0.2) is 27.7 Å². The lowest BCUT2D eigenvalue weighted by Gasteiger charge is -2.05. The summed E-state index contributed by atoms with van der Waals surface area (Å²) in [6.45, 7) is 0.0201. The van der Waals surface area contributed by atoms with Gasteiger partial charge in [0.25, 0.3) is 0 Å². The standard InChI is InChI=1S/C11H10N4O2S2/c12-10(18)7-1-3-8(4-2-7)17-9(16)5-13-11-15-14-6-19-11/h1-4,6H,5H2,(H2,12,18)(H,13,15). The summed E-state index contributed by atoms with van der Waals surface area (Å²) < 4.78 is 5.12. The van der Waals surface area contributed by atoms with Crippen LogP contribution in [0.5, 0.6) is 5.75 Å². The molecule has 0 aliphatic heterocycles. The van der Waals surface area contributed by atoms with E-state index in [2.05, 4.69) is 15.5 Å². The van der Waals surface area contributed by atoms with Crippen molar-refractivity contribution >= 4 is 39.6 Å². The number of nitrogens with one attached hydrogen (secondary N) is 1. The monoisotopic (exact) mass is 294 g/mol. The van der Waals surface area contributed by atoms with Gasteiger partial charge in [-0.1, -0.05) is 23.6 Å². The number of hydrogen-bond acceptors (Lipinski definition) is 7. The Morgan fingerprint density at radius 2 is 2.16 bits per heavy atom. The lowest BCUT2D eigenvalue weighted by molar-refractivity contribution is -0.132. The number of benzene rings is 1. The summed E-state index contributed by atoms with van der Waals surface area (Å²) in [7, 11) is 0. The molecule has 8 heteroatoms. The first-order valence-electron chi connectivity index (χ1n) is 5.26. The molecule has 0 unspecified atom stereocenters. The van der Waals surface area contributed by atoms with Crippen molar-refractivity contribution < 1.29 is 9.53 Å². The van der Waals surface area contributed by atoms with Crippen molar-refractivity contribution in [2.75, 3.05) is 11.9 Å². The Bertz CT molecular complexity index is 569. The predicted molar refractivity (Wildman–Crippen MR) is 76.4 cm³/mol. The fraction of sp³-hybridized carbons (Fsp3) is 0.0909. The van der Waals surface area contributed by atoms with Gasteiger partial charge in [0, 0.05) is 5.56 Å². The Kier molecular flexibility index (Phi) is 4.37.